The molecule has 0 fully saturated rings. The lowest BCUT2D eigenvalue weighted by atomic mass is 10.1. The first-order valence-corrected chi connectivity index (χ1v) is 10.4. The van der Waals surface area contributed by atoms with E-state index >= 15 is 0 Å². The van der Waals surface area contributed by atoms with Gasteiger partial charge in [0.15, 0.2) is 11.0 Å². The molecule has 0 spiro atoms. The lowest BCUT2D eigenvalue weighted by Gasteiger charge is -2.10. The molecular weight excluding hydrogens is 403 g/mol. The molecule has 0 saturated heterocycles. The Kier molecular flexibility index (Phi) is 7.24. The van der Waals surface area contributed by atoms with Gasteiger partial charge in [-0.05, 0) is 49.2 Å². The maximum absolute atomic E-state index is 13.7. The number of hydrogen-bond acceptors (Lipinski definition) is 5. The van der Waals surface area contributed by atoms with Gasteiger partial charge in [-0.1, -0.05) is 36.0 Å². The Morgan fingerprint density at radius 3 is 2.67 bits per heavy atom. The van der Waals surface area contributed by atoms with E-state index in [2.05, 4.69) is 28.2 Å². The average Bonchev–Trinajstić information content (AvgIpc) is 3.08. The molecule has 0 aliphatic carbocycles. The van der Waals surface area contributed by atoms with Crippen LogP contribution in [0, 0.1) is 19.7 Å². The number of aromatic nitrogens is 3. The molecule has 1 aromatic heterocycles. The molecule has 2 aromatic carbocycles. The van der Waals surface area contributed by atoms with Crippen molar-refractivity contribution in [2.75, 3.05) is 11.1 Å². The van der Waals surface area contributed by atoms with Crippen LogP contribution < -0.4 is 10.1 Å². The largest absolute Gasteiger partial charge is 0.486 e. The van der Waals surface area contributed by atoms with Crippen LogP contribution in [0.4, 0.5) is 10.1 Å². The number of halogens is 1. The zero-order valence-electron chi connectivity index (χ0n) is 16.9. The minimum absolute atomic E-state index is 0.0710. The van der Waals surface area contributed by atoms with E-state index in [9.17, 15) is 9.18 Å². The lowest BCUT2D eigenvalue weighted by molar-refractivity contribution is -0.113. The SMILES string of the molecule is C=CCn1c(COc2cc(C)cc(C)c2)nnc1SCC(=O)Nc1ccccc1F. The van der Waals surface area contributed by atoms with Crippen molar-refractivity contribution in [2.45, 2.75) is 32.2 Å². The van der Waals surface area contributed by atoms with Gasteiger partial charge in [0.25, 0.3) is 0 Å². The zero-order valence-corrected chi connectivity index (χ0v) is 17.7. The lowest BCUT2D eigenvalue weighted by Crippen LogP contribution is -2.15. The van der Waals surface area contributed by atoms with Crippen molar-refractivity contribution in [1.29, 1.82) is 0 Å². The molecule has 1 amide bonds. The standard InChI is InChI=1S/C22H23FN4O2S/c1-4-9-27-20(13-29-17-11-15(2)10-16(3)12-17)25-26-22(27)30-14-21(28)24-19-8-6-5-7-18(19)23/h4-8,10-12H,1,9,13-14H2,2-3H3,(H,24,28). The molecule has 1 heterocycles. The maximum atomic E-state index is 13.7. The number of hydrogen-bond donors (Lipinski definition) is 1. The zero-order chi connectivity index (χ0) is 21.5. The number of allylic oxidation sites excluding steroid dienone is 1. The van der Waals surface area contributed by atoms with Crippen molar-refractivity contribution in [3.63, 3.8) is 0 Å². The van der Waals surface area contributed by atoms with Gasteiger partial charge < -0.3 is 10.1 Å². The predicted octanol–water partition coefficient (Wildman–Crippen LogP) is 4.53. The molecule has 0 radical (unpaired) electrons. The summed E-state index contributed by atoms with van der Waals surface area (Å²) in [6.45, 7) is 8.53. The minimum Gasteiger partial charge on any atom is -0.486 e. The fourth-order valence-corrected chi connectivity index (χ4v) is 3.65. The molecule has 0 aliphatic rings. The molecule has 30 heavy (non-hydrogen) atoms. The predicted molar refractivity (Wildman–Crippen MR) is 116 cm³/mol. The van der Waals surface area contributed by atoms with Crippen LogP contribution in [0.5, 0.6) is 5.75 Å². The highest BCUT2D eigenvalue weighted by Crippen LogP contribution is 2.21. The van der Waals surface area contributed by atoms with Gasteiger partial charge in [-0.25, -0.2) is 4.39 Å². The van der Waals surface area contributed by atoms with Gasteiger partial charge in [-0.3, -0.25) is 9.36 Å². The number of para-hydroxylation sites is 1. The smallest absolute Gasteiger partial charge is 0.234 e. The van der Waals surface area contributed by atoms with Gasteiger partial charge in [-0.15, -0.1) is 16.8 Å². The third kappa shape index (κ3) is 5.70. The molecule has 3 aromatic rings. The van der Waals surface area contributed by atoms with E-state index < -0.39 is 5.82 Å². The minimum atomic E-state index is -0.475. The van der Waals surface area contributed by atoms with Crippen molar-refractivity contribution in [1.82, 2.24) is 14.8 Å². The van der Waals surface area contributed by atoms with Crippen molar-refractivity contribution < 1.29 is 13.9 Å². The van der Waals surface area contributed by atoms with Gasteiger partial charge in [0, 0.05) is 6.54 Å². The van der Waals surface area contributed by atoms with Gasteiger partial charge in [-0.2, -0.15) is 0 Å². The molecule has 0 aliphatic heterocycles. The summed E-state index contributed by atoms with van der Waals surface area (Å²) in [6, 6.07) is 12.0. The van der Waals surface area contributed by atoms with E-state index in [1.54, 1.807) is 18.2 Å². The van der Waals surface area contributed by atoms with Gasteiger partial charge in [0.2, 0.25) is 5.91 Å². The Labute approximate surface area is 179 Å². The summed E-state index contributed by atoms with van der Waals surface area (Å²) >= 11 is 1.22. The number of nitrogens with one attached hydrogen (secondary N) is 1. The quantitative estimate of drug-likeness (QED) is 0.402. The van der Waals surface area contributed by atoms with E-state index in [0.29, 0.717) is 17.5 Å². The third-order valence-corrected chi connectivity index (χ3v) is 5.12. The topological polar surface area (TPSA) is 69.0 Å². The number of aryl methyl sites for hydroxylation is 2. The van der Waals surface area contributed by atoms with E-state index in [-0.39, 0.29) is 24.0 Å². The number of benzene rings is 2. The Balaban J connectivity index is 1.64. The molecule has 1 N–H and O–H groups in total. The average molecular weight is 427 g/mol. The number of carbonyl (C=O) groups excluding carboxylic acids is 1. The summed E-state index contributed by atoms with van der Waals surface area (Å²) in [6.07, 6.45) is 1.73. The first kappa shape index (κ1) is 21.6. The van der Waals surface area contributed by atoms with Crippen molar-refractivity contribution in [2.24, 2.45) is 0 Å². The molecule has 0 atom stereocenters. The summed E-state index contributed by atoms with van der Waals surface area (Å²) in [5, 5.41) is 11.5. The Bertz CT molecular complexity index is 1030. The van der Waals surface area contributed by atoms with E-state index in [1.807, 2.05) is 30.5 Å². The highest BCUT2D eigenvalue weighted by Gasteiger charge is 2.15. The molecular formula is C22H23FN4O2S. The summed E-state index contributed by atoms with van der Waals surface area (Å²) in [5.41, 5.74) is 2.39. The first-order valence-electron chi connectivity index (χ1n) is 9.37. The molecule has 8 heteroatoms. The second-order valence-corrected chi connectivity index (χ2v) is 7.67. The maximum Gasteiger partial charge on any atom is 0.234 e. The number of carbonyl (C=O) groups is 1. The number of anilines is 1. The Hall–Kier alpha value is -3.13. The van der Waals surface area contributed by atoms with E-state index in [1.165, 1.54) is 23.9 Å². The molecule has 3 rings (SSSR count). The van der Waals surface area contributed by atoms with Crippen LogP contribution in [-0.2, 0) is 17.9 Å². The highest BCUT2D eigenvalue weighted by atomic mass is 32.2. The van der Waals surface area contributed by atoms with Crippen LogP contribution in [-0.4, -0.2) is 26.4 Å². The van der Waals surface area contributed by atoms with Gasteiger partial charge >= 0.3 is 0 Å². The van der Waals surface area contributed by atoms with Crippen molar-refractivity contribution in [3.8, 4) is 5.75 Å². The fourth-order valence-electron chi connectivity index (χ4n) is 2.89. The molecule has 0 saturated carbocycles. The molecule has 0 bridgehead atoms. The highest BCUT2D eigenvalue weighted by molar-refractivity contribution is 7.99. The van der Waals surface area contributed by atoms with Crippen LogP contribution in [0.3, 0.4) is 0 Å². The number of nitrogens with zero attached hydrogens (tertiary/aromatic N) is 3. The third-order valence-electron chi connectivity index (χ3n) is 4.15. The summed E-state index contributed by atoms with van der Waals surface area (Å²) in [7, 11) is 0. The first-order chi connectivity index (χ1) is 14.5. The summed E-state index contributed by atoms with van der Waals surface area (Å²) in [4.78, 5) is 12.2. The van der Waals surface area contributed by atoms with Crippen LogP contribution in [0.2, 0.25) is 0 Å². The number of ether oxygens (including phenoxy) is 1. The number of amides is 1. The van der Waals surface area contributed by atoms with E-state index in [0.717, 1.165) is 16.9 Å². The normalized spacial score (nSPS) is 10.6. The molecule has 0 unspecified atom stereocenters. The Morgan fingerprint density at radius 1 is 1.23 bits per heavy atom. The molecule has 156 valence electrons. The second kappa shape index (κ2) is 10.1. The van der Waals surface area contributed by atoms with Crippen molar-refractivity contribution in [3.05, 3.63) is 77.9 Å². The fraction of sp³-hybridized carbons (Fsp3) is 0.227. The number of thioether (sulfide) groups is 1. The number of rotatable bonds is 9. The van der Waals surface area contributed by atoms with Crippen molar-refractivity contribution >= 4 is 23.4 Å². The Morgan fingerprint density at radius 2 is 1.97 bits per heavy atom. The molecule has 6 nitrogen and oxygen atoms in total. The summed E-state index contributed by atoms with van der Waals surface area (Å²) < 4.78 is 21.4. The monoisotopic (exact) mass is 426 g/mol. The van der Waals surface area contributed by atoms with Crippen LogP contribution in [0.15, 0.2) is 60.3 Å². The van der Waals surface area contributed by atoms with Crippen LogP contribution in [0.1, 0.15) is 17.0 Å². The van der Waals surface area contributed by atoms with Crippen LogP contribution >= 0.6 is 11.8 Å². The second-order valence-electron chi connectivity index (χ2n) is 6.73. The van der Waals surface area contributed by atoms with Gasteiger partial charge in [0.1, 0.15) is 18.2 Å². The van der Waals surface area contributed by atoms with Crippen LogP contribution in [0.25, 0.3) is 0 Å². The van der Waals surface area contributed by atoms with Gasteiger partial charge in [0.05, 0.1) is 11.4 Å². The summed E-state index contributed by atoms with van der Waals surface area (Å²) in [5.74, 6) is 0.662. The van der Waals surface area contributed by atoms with E-state index in [4.69, 9.17) is 4.74 Å².